The Labute approximate surface area is 158 Å². The van der Waals surface area contributed by atoms with Crippen molar-refractivity contribution in [3.63, 3.8) is 0 Å². The van der Waals surface area contributed by atoms with Gasteiger partial charge in [0.05, 0.1) is 19.0 Å². The molecule has 0 bridgehead atoms. The minimum atomic E-state index is -1.24. The van der Waals surface area contributed by atoms with Crippen molar-refractivity contribution in [2.45, 2.75) is 0 Å². The van der Waals surface area contributed by atoms with Crippen molar-refractivity contribution >= 4 is 28.8 Å². The van der Waals surface area contributed by atoms with Gasteiger partial charge in [-0.15, -0.1) is 5.10 Å². The molecule has 2 heterocycles. The molecule has 10 heteroatoms. The van der Waals surface area contributed by atoms with Crippen LogP contribution in [0.15, 0.2) is 48.7 Å². The summed E-state index contributed by atoms with van der Waals surface area (Å²) in [6, 6.07) is 11.4. The smallest absolute Gasteiger partial charge is 0.339 e. The zero-order chi connectivity index (χ0) is 19.7. The average Bonchev–Trinajstić information content (AvgIpc) is 3.12. The predicted molar refractivity (Wildman–Crippen MR) is 99.4 cm³/mol. The van der Waals surface area contributed by atoms with E-state index in [1.807, 2.05) is 18.2 Å². The van der Waals surface area contributed by atoms with Gasteiger partial charge in [-0.3, -0.25) is 0 Å². The van der Waals surface area contributed by atoms with Crippen LogP contribution < -0.4 is 10.1 Å². The topological polar surface area (TPSA) is 135 Å². The van der Waals surface area contributed by atoms with Crippen molar-refractivity contribution in [2.75, 3.05) is 12.4 Å². The number of ether oxygens (including phenoxy) is 1. The molecule has 0 aliphatic rings. The molecule has 0 fully saturated rings. The quantitative estimate of drug-likeness (QED) is 0.447. The number of hydrogen-bond donors (Lipinski definition) is 3. The summed E-state index contributed by atoms with van der Waals surface area (Å²) < 4.78 is 6.78. The summed E-state index contributed by atoms with van der Waals surface area (Å²) in [4.78, 5) is 19.8. The first-order valence-electron chi connectivity index (χ1n) is 8.11. The van der Waals surface area contributed by atoms with E-state index in [-0.39, 0.29) is 17.3 Å². The summed E-state index contributed by atoms with van der Waals surface area (Å²) in [5.74, 6) is -0.674. The first-order valence-corrected chi connectivity index (χ1v) is 8.11. The van der Waals surface area contributed by atoms with Gasteiger partial charge in [0, 0.05) is 11.8 Å². The highest BCUT2D eigenvalue weighted by atomic mass is 16.5. The van der Waals surface area contributed by atoms with Gasteiger partial charge in [-0.2, -0.15) is 9.67 Å². The van der Waals surface area contributed by atoms with Crippen LogP contribution in [0.4, 0.5) is 11.6 Å². The molecule has 3 N–H and O–H groups in total. The molecule has 4 rings (SSSR count). The lowest BCUT2D eigenvalue weighted by Crippen LogP contribution is -2.03. The molecule has 0 amide bonds. The Bertz CT molecular complexity index is 1190. The molecule has 0 spiro atoms. The highest BCUT2D eigenvalue weighted by molar-refractivity contribution is 5.92. The van der Waals surface area contributed by atoms with Crippen molar-refractivity contribution in [3.05, 3.63) is 54.2 Å². The van der Waals surface area contributed by atoms with Crippen molar-refractivity contribution in [3.8, 4) is 17.2 Å². The molecule has 0 aliphatic heterocycles. The van der Waals surface area contributed by atoms with Gasteiger partial charge >= 0.3 is 5.97 Å². The number of carbonyl (C=O) groups is 1. The number of hydrogen-bond acceptors (Lipinski definition) is 8. The van der Waals surface area contributed by atoms with Gasteiger partial charge in [-0.1, -0.05) is 11.3 Å². The predicted octanol–water partition coefficient (Wildman–Crippen LogP) is 2.37. The lowest BCUT2D eigenvalue weighted by Gasteiger charge is -2.08. The van der Waals surface area contributed by atoms with Crippen LogP contribution in [0.3, 0.4) is 0 Å². The van der Waals surface area contributed by atoms with Crippen LogP contribution in [0.25, 0.3) is 16.9 Å². The van der Waals surface area contributed by atoms with Crippen molar-refractivity contribution < 1.29 is 19.7 Å². The van der Waals surface area contributed by atoms with E-state index in [9.17, 15) is 9.90 Å². The zero-order valence-corrected chi connectivity index (χ0v) is 14.6. The van der Waals surface area contributed by atoms with Crippen LogP contribution in [0.5, 0.6) is 11.5 Å². The maximum atomic E-state index is 11.2. The number of nitrogens with zero attached hydrogens (tertiary/aromatic N) is 5. The zero-order valence-electron chi connectivity index (χ0n) is 14.6. The number of aromatic hydroxyl groups is 1. The third-order valence-electron chi connectivity index (χ3n) is 3.97. The second kappa shape index (κ2) is 6.83. The van der Waals surface area contributed by atoms with E-state index in [0.717, 1.165) is 0 Å². The van der Waals surface area contributed by atoms with Gasteiger partial charge in [0.1, 0.15) is 17.1 Å². The first kappa shape index (κ1) is 17.2. The summed E-state index contributed by atoms with van der Waals surface area (Å²) in [7, 11) is 1.58. The molecule has 0 radical (unpaired) electrons. The van der Waals surface area contributed by atoms with Gasteiger partial charge in [0.2, 0.25) is 5.95 Å². The number of carboxylic acid groups (broad SMARTS) is 1. The fourth-order valence-electron chi connectivity index (χ4n) is 2.62. The van der Waals surface area contributed by atoms with Crippen molar-refractivity contribution in [1.29, 1.82) is 0 Å². The Morgan fingerprint density at radius 2 is 2.07 bits per heavy atom. The number of methoxy groups -OCH3 is 1. The fraction of sp³-hybridized carbons (Fsp3) is 0.0556. The second-order valence-electron chi connectivity index (χ2n) is 5.77. The minimum Gasteiger partial charge on any atom is -0.507 e. The molecule has 0 unspecified atom stereocenters. The van der Waals surface area contributed by atoms with E-state index in [4.69, 9.17) is 9.84 Å². The number of benzene rings is 2. The molecule has 28 heavy (non-hydrogen) atoms. The molecular formula is C18H14N6O4. The molecule has 0 saturated heterocycles. The Morgan fingerprint density at radius 3 is 2.86 bits per heavy atom. The van der Waals surface area contributed by atoms with E-state index in [2.05, 4.69) is 25.6 Å². The van der Waals surface area contributed by atoms with Gasteiger partial charge in [0.15, 0.2) is 11.2 Å². The van der Waals surface area contributed by atoms with E-state index >= 15 is 0 Å². The number of anilines is 2. The van der Waals surface area contributed by atoms with Gasteiger partial charge < -0.3 is 20.3 Å². The minimum absolute atomic E-state index is 0.223. The Morgan fingerprint density at radius 1 is 1.21 bits per heavy atom. The second-order valence-corrected chi connectivity index (χ2v) is 5.77. The number of phenols is 1. The van der Waals surface area contributed by atoms with Crippen molar-refractivity contribution in [1.82, 2.24) is 25.0 Å². The number of carboxylic acids is 1. The highest BCUT2D eigenvalue weighted by Crippen LogP contribution is 2.24. The summed E-state index contributed by atoms with van der Waals surface area (Å²) in [6.07, 6.45) is 1.51. The van der Waals surface area contributed by atoms with E-state index in [0.29, 0.717) is 28.3 Å². The van der Waals surface area contributed by atoms with Crippen LogP contribution in [-0.2, 0) is 0 Å². The number of fused-ring (bicyclic) bond motifs is 1. The number of aromatic nitrogens is 5. The lowest BCUT2D eigenvalue weighted by atomic mass is 10.2. The third kappa shape index (κ3) is 3.14. The fourth-order valence-corrected chi connectivity index (χ4v) is 2.62. The summed E-state index contributed by atoms with van der Waals surface area (Å²) in [5, 5.41) is 29.8. The molecule has 0 saturated carbocycles. The maximum Gasteiger partial charge on any atom is 0.339 e. The van der Waals surface area contributed by atoms with Crippen LogP contribution in [-0.4, -0.2) is 48.3 Å². The van der Waals surface area contributed by atoms with E-state index < -0.39 is 5.97 Å². The van der Waals surface area contributed by atoms with Gasteiger partial charge in [0.25, 0.3) is 0 Å². The standard InChI is InChI=1S/C18H14N6O4/c1-28-12-4-2-3-11(8-12)24-16-14(22-23-24)9-19-18(21-16)20-10-5-6-15(25)13(7-10)17(26)27/h2-9,25H,1H3,(H,26,27)(H,19,20,21). The highest BCUT2D eigenvalue weighted by Gasteiger charge is 2.13. The van der Waals surface area contributed by atoms with Crippen LogP contribution in [0.1, 0.15) is 10.4 Å². The van der Waals surface area contributed by atoms with Gasteiger partial charge in [-0.05, 0) is 30.3 Å². The van der Waals surface area contributed by atoms with Crippen LogP contribution in [0, 0.1) is 0 Å². The summed E-state index contributed by atoms with van der Waals surface area (Å²) in [5.41, 5.74) is 1.85. The number of nitrogens with one attached hydrogen (secondary N) is 1. The Hall–Kier alpha value is -4.21. The molecule has 0 aliphatic carbocycles. The monoisotopic (exact) mass is 378 g/mol. The number of aromatic carboxylic acids is 1. The normalized spacial score (nSPS) is 10.8. The number of rotatable bonds is 5. The van der Waals surface area contributed by atoms with E-state index in [1.54, 1.807) is 17.9 Å². The molecule has 2 aromatic heterocycles. The third-order valence-corrected chi connectivity index (χ3v) is 3.97. The Kier molecular flexibility index (Phi) is 4.20. The largest absolute Gasteiger partial charge is 0.507 e. The van der Waals surface area contributed by atoms with Crippen LogP contribution >= 0.6 is 0 Å². The Balaban J connectivity index is 1.72. The van der Waals surface area contributed by atoms with E-state index in [1.165, 1.54) is 24.4 Å². The molecular weight excluding hydrogens is 364 g/mol. The van der Waals surface area contributed by atoms with Crippen molar-refractivity contribution in [2.24, 2.45) is 0 Å². The molecule has 10 nitrogen and oxygen atoms in total. The SMILES string of the molecule is COc1cccc(-n2nnc3cnc(Nc4ccc(O)c(C(=O)O)c4)nc32)c1. The molecule has 0 atom stereocenters. The summed E-state index contributed by atoms with van der Waals surface area (Å²) >= 11 is 0. The van der Waals surface area contributed by atoms with Crippen LogP contribution in [0.2, 0.25) is 0 Å². The summed E-state index contributed by atoms with van der Waals surface area (Å²) in [6.45, 7) is 0. The molecule has 2 aromatic carbocycles. The van der Waals surface area contributed by atoms with Gasteiger partial charge in [-0.25, -0.2) is 9.78 Å². The average molecular weight is 378 g/mol. The lowest BCUT2D eigenvalue weighted by molar-refractivity contribution is 0.0694. The first-order chi connectivity index (χ1) is 13.5. The molecule has 140 valence electrons. The maximum absolute atomic E-state index is 11.2. The molecule has 4 aromatic rings.